The lowest BCUT2D eigenvalue weighted by atomic mass is 10.0. The van der Waals surface area contributed by atoms with Gasteiger partial charge in [-0.15, -0.1) is 0 Å². The molecule has 0 unspecified atom stereocenters. The molecule has 4 heteroatoms. The predicted molar refractivity (Wildman–Crippen MR) is 83.8 cm³/mol. The fourth-order valence-electron chi connectivity index (χ4n) is 2.48. The van der Waals surface area contributed by atoms with Crippen LogP contribution in [0.25, 0.3) is 0 Å². The molecule has 0 heterocycles. The number of hydrogen-bond acceptors (Lipinski definition) is 1. The largest absolute Gasteiger partial charge is 0.384 e. The lowest BCUT2D eigenvalue weighted by Gasteiger charge is -2.17. The molecule has 2 rings (SSSR count). The van der Waals surface area contributed by atoms with Gasteiger partial charge in [0, 0.05) is 11.0 Å². The van der Waals surface area contributed by atoms with Crippen molar-refractivity contribution in [2.75, 3.05) is 11.9 Å². The van der Waals surface area contributed by atoms with Gasteiger partial charge in [0.2, 0.25) is 0 Å². The molecular formula is C14H18BrCl2N. The van der Waals surface area contributed by atoms with Crippen LogP contribution in [0.1, 0.15) is 38.5 Å². The van der Waals surface area contributed by atoms with Crippen molar-refractivity contribution < 1.29 is 0 Å². The molecule has 18 heavy (non-hydrogen) atoms. The van der Waals surface area contributed by atoms with Crippen LogP contribution in [0.3, 0.4) is 0 Å². The Morgan fingerprint density at radius 3 is 2.39 bits per heavy atom. The minimum atomic E-state index is 0.586. The quantitative estimate of drug-likeness (QED) is 0.510. The average Bonchev–Trinajstić information content (AvgIpc) is 2.64. The Morgan fingerprint density at radius 1 is 1.06 bits per heavy atom. The van der Waals surface area contributed by atoms with Crippen molar-refractivity contribution >= 4 is 44.8 Å². The van der Waals surface area contributed by atoms with Gasteiger partial charge in [0.1, 0.15) is 0 Å². The lowest BCUT2D eigenvalue weighted by Crippen LogP contribution is -2.13. The second kappa shape index (κ2) is 7.02. The first-order valence-electron chi connectivity index (χ1n) is 6.56. The van der Waals surface area contributed by atoms with Gasteiger partial charge in [-0.05, 0) is 46.8 Å². The summed E-state index contributed by atoms with van der Waals surface area (Å²) in [4.78, 5) is 0. The van der Waals surface area contributed by atoms with Gasteiger partial charge in [-0.2, -0.15) is 0 Å². The zero-order chi connectivity index (χ0) is 13.0. The summed E-state index contributed by atoms with van der Waals surface area (Å²) >= 11 is 15.7. The van der Waals surface area contributed by atoms with Crippen LogP contribution in [-0.2, 0) is 0 Å². The van der Waals surface area contributed by atoms with Crippen LogP contribution in [0.15, 0.2) is 16.6 Å². The summed E-state index contributed by atoms with van der Waals surface area (Å²) < 4.78 is 0.842. The molecule has 1 aliphatic carbocycles. The summed E-state index contributed by atoms with van der Waals surface area (Å²) in [6.07, 6.45) is 8.16. The van der Waals surface area contributed by atoms with Gasteiger partial charge in [0.15, 0.2) is 0 Å². The highest BCUT2D eigenvalue weighted by molar-refractivity contribution is 9.10. The number of anilines is 1. The van der Waals surface area contributed by atoms with Crippen LogP contribution >= 0.6 is 39.1 Å². The summed E-state index contributed by atoms with van der Waals surface area (Å²) in [5.41, 5.74) is 0.939. The van der Waals surface area contributed by atoms with Crippen molar-refractivity contribution in [1.29, 1.82) is 0 Å². The number of halogens is 3. The molecule has 1 aromatic carbocycles. The van der Waals surface area contributed by atoms with E-state index in [2.05, 4.69) is 21.2 Å². The second-order valence-electron chi connectivity index (χ2n) is 4.96. The molecule has 1 N–H and O–H groups in total. The fourth-order valence-corrected chi connectivity index (χ4v) is 3.33. The molecule has 0 aromatic heterocycles. The molecule has 0 spiro atoms. The van der Waals surface area contributed by atoms with E-state index in [0.29, 0.717) is 10.0 Å². The molecule has 1 aliphatic rings. The third-order valence-electron chi connectivity index (χ3n) is 3.59. The summed E-state index contributed by atoms with van der Waals surface area (Å²) in [5, 5.41) is 4.64. The smallest absolute Gasteiger partial charge is 0.0835 e. The molecule has 0 radical (unpaired) electrons. The number of hydrogen-bond donors (Lipinski definition) is 1. The van der Waals surface area contributed by atoms with Crippen molar-refractivity contribution in [3.8, 4) is 0 Å². The molecule has 0 bridgehead atoms. The molecule has 1 nitrogen and oxygen atoms in total. The Hall–Kier alpha value is 0.0800. The normalized spacial score (nSPS) is 17.5. The maximum Gasteiger partial charge on any atom is 0.0835 e. The van der Waals surface area contributed by atoms with Gasteiger partial charge >= 0.3 is 0 Å². The summed E-state index contributed by atoms with van der Waals surface area (Å²) in [6, 6.07) is 3.92. The number of nitrogens with one attached hydrogen (secondary N) is 1. The van der Waals surface area contributed by atoms with E-state index in [-0.39, 0.29) is 0 Å². The van der Waals surface area contributed by atoms with Crippen molar-refractivity contribution in [2.24, 2.45) is 5.92 Å². The van der Waals surface area contributed by atoms with Crippen LogP contribution in [0.2, 0.25) is 10.0 Å². The van der Waals surface area contributed by atoms with Crippen LogP contribution in [0.5, 0.6) is 0 Å². The SMILES string of the molecule is Clc1c(Br)ccc(NCC2CCCCCC2)c1Cl. The molecule has 0 saturated heterocycles. The minimum absolute atomic E-state index is 0.586. The minimum Gasteiger partial charge on any atom is -0.384 e. The zero-order valence-corrected chi connectivity index (χ0v) is 13.4. The summed E-state index contributed by atoms with van der Waals surface area (Å²) in [7, 11) is 0. The second-order valence-corrected chi connectivity index (χ2v) is 6.57. The van der Waals surface area contributed by atoms with Crippen LogP contribution in [-0.4, -0.2) is 6.54 Å². The highest BCUT2D eigenvalue weighted by Crippen LogP contribution is 2.36. The van der Waals surface area contributed by atoms with Gasteiger partial charge in [0.05, 0.1) is 15.7 Å². The highest BCUT2D eigenvalue weighted by Gasteiger charge is 2.13. The van der Waals surface area contributed by atoms with Gasteiger partial charge in [-0.3, -0.25) is 0 Å². The van der Waals surface area contributed by atoms with Crippen molar-refractivity contribution in [3.05, 3.63) is 26.7 Å². The van der Waals surface area contributed by atoms with E-state index >= 15 is 0 Å². The number of rotatable bonds is 3. The van der Waals surface area contributed by atoms with Crippen LogP contribution in [0.4, 0.5) is 5.69 Å². The first-order chi connectivity index (χ1) is 8.68. The molecular weight excluding hydrogens is 333 g/mol. The molecule has 0 aliphatic heterocycles. The van der Waals surface area contributed by atoms with Gasteiger partial charge in [-0.1, -0.05) is 48.9 Å². The van der Waals surface area contributed by atoms with E-state index < -0.39 is 0 Å². The molecule has 100 valence electrons. The fraction of sp³-hybridized carbons (Fsp3) is 0.571. The van der Waals surface area contributed by atoms with E-state index in [0.717, 1.165) is 22.6 Å². The zero-order valence-electron chi connectivity index (χ0n) is 10.3. The first-order valence-corrected chi connectivity index (χ1v) is 8.10. The highest BCUT2D eigenvalue weighted by atomic mass is 79.9. The Labute approximate surface area is 127 Å². The van der Waals surface area contributed by atoms with Crippen molar-refractivity contribution in [3.63, 3.8) is 0 Å². The van der Waals surface area contributed by atoms with E-state index in [1.807, 2.05) is 12.1 Å². The topological polar surface area (TPSA) is 12.0 Å². The molecule has 0 amide bonds. The molecule has 0 atom stereocenters. The number of benzene rings is 1. The van der Waals surface area contributed by atoms with Gasteiger partial charge in [-0.25, -0.2) is 0 Å². The van der Waals surface area contributed by atoms with E-state index in [1.165, 1.54) is 38.5 Å². The average molecular weight is 351 g/mol. The first kappa shape index (κ1) is 14.5. The van der Waals surface area contributed by atoms with Crippen LogP contribution < -0.4 is 5.32 Å². The lowest BCUT2D eigenvalue weighted by molar-refractivity contribution is 0.483. The van der Waals surface area contributed by atoms with Gasteiger partial charge in [0.25, 0.3) is 0 Å². The Morgan fingerprint density at radius 2 is 1.72 bits per heavy atom. The Bertz CT molecular complexity index is 401. The van der Waals surface area contributed by atoms with Crippen LogP contribution in [0, 0.1) is 5.92 Å². The predicted octanol–water partition coefficient (Wildman–Crippen LogP) is 6.14. The third kappa shape index (κ3) is 3.79. The third-order valence-corrected chi connectivity index (χ3v) is 5.36. The standard InChI is InChI=1S/C14H18BrCl2N/c15-11-7-8-12(14(17)13(11)16)18-9-10-5-3-1-2-4-6-10/h7-8,10,18H,1-6,9H2. The summed E-state index contributed by atoms with van der Waals surface area (Å²) in [5.74, 6) is 0.769. The maximum absolute atomic E-state index is 6.22. The van der Waals surface area contributed by atoms with Crippen molar-refractivity contribution in [2.45, 2.75) is 38.5 Å². The molecule has 1 fully saturated rings. The molecule has 1 saturated carbocycles. The Kier molecular flexibility index (Phi) is 5.65. The van der Waals surface area contributed by atoms with E-state index in [1.54, 1.807) is 0 Å². The molecule has 1 aromatic rings. The van der Waals surface area contributed by atoms with Gasteiger partial charge < -0.3 is 5.32 Å². The van der Waals surface area contributed by atoms with E-state index in [4.69, 9.17) is 23.2 Å². The maximum atomic E-state index is 6.22. The Balaban J connectivity index is 1.95. The summed E-state index contributed by atoms with van der Waals surface area (Å²) in [6.45, 7) is 0.998. The monoisotopic (exact) mass is 349 g/mol. The van der Waals surface area contributed by atoms with Crippen molar-refractivity contribution in [1.82, 2.24) is 0 Å². The van der Waals surface area contributed by atoms with E-state index in [9.17, 15) is 0 Å².